The van der Waals surface area contributed by atoms with E-state index >= 15 is 0 Å². The van der Waals surface area contributed by atoms with E-state index in [-0.39, 0.29) is 11.1 Å². The SMILES string of the molecule is CC[N+](CC)(CC)Cc1ccccc1.O=C([O-])c1ccc(S(=O)c2ccc(C(=O)O)cc2)cc1. The molecule has 0 bridgehead atoms. The monoisotopic (exact) mass is 481 g/mol. The molecule has 7 heteroatoms. The summed E-state index contributed by atoms with van der Waals surface area (Å²) < 4.78 is 13.4. The number of hydrogen-bond donors (Lipinski definition) is 1. The highest BCUT2D eigenvalue weighted by atomic mass is 32.2. The molecule has 34 heavy (non-hydrogen) atoms. The van der Waals surface area contributed by atoms with E-state index < -0.39 is 22.7 Å². The molecule has 0 radical (unpaired) electrons. The van der Waals surface area contributed by atoms with Gasteiger partial charge in [-0.25, -0.2) is 9.00 Å². The first kappa shape index (κ1) is 27.0. The quantitative estimate of drug-likeness (QED) is 0.467. The fourth-order valence-electron chi connectivity index (χ4n) is 3.55. The number of aromatic carboxylic acids is 2. The lowest BCUT2D eigenvalue weighted by Gasteiger charge is -2.35. The van der Waals surface area contributed by atoms with Crippen molar-refractivity contribution in [3.8, 4) is 0 Å². The van der Waals surface area contributed by atoms with Crippen LogP contribution in [0.2, 0.25) is 0 Å². The van der Waals surface area contributed by atoms with Gasteiger partial charge in [-0.05, 0) is 62.7 Å². The minimum absolute atomic E-state index is 0.00646. The second kappa shape index (κ2) is 12.8. The van der Waals surface area contributed by atoms with Crippen molar-refractivity contribution in [1.82, 2.24) is 0 Å². The van der Waals surface area contributed by atoms with Gasteiger partial charge in [-0.2, -0.15) is 0 Å². The molecule has 0 saturated carbocycles. The first-order chi connectivity index (χ1) is 16.2. The molecule has 1 atom stereocenters. The van der Waals surface area contributed by atoms with Crippen molar-refractivity contribution < 1.29 is 28.5 Å². The van der Waals surface area contributed by atoms with E-state index in [9.17, 15) is 18.9 Å². The summed E-state index contributed by atoms with van der Waals surface area (Å²) in [5.41, 5.74) is 1.57. The van der Waals surface area contributed by atoms with Crippen LogP contribution in [0.3, 0.4) is 0 Å². The van der Waals surface area contributed by atoms with Crippen LogP contribution in [0.25, 0.3) is 0 Å². The Bertz CT molecular complexity index is 1020. The highest BCUT2D eigenvalue weighted by molar-refractivity contribution is 7.85. The summed E-state index contributed by atoms with van der Waals surface area (Å²) in [7, 11) is -1.50. The van der Waals surface area contributed by atoms with E-state index in [1.807, 2.05) is 0 Å². The summed E-state index contributed by atoms with van der Waals surface area (Å²) in [5, 5.41) is 19.4. The largest absolute Gasteiger partial charge is 0.545 e. The number of hydrogen-bond acceptors (Lipinski definition) is 4. The number of carboxylic acids is 2. The molecule has 0 spiro atoms. The Morgan fingerprint density at radius 1 is 0.765 bits per heavy atom. The number of quaternary nitrogens is 1. The highest BCUT2D eigenvalue weighted by Crippen LogP contribution is 2.18. The van der Waals surface area contributed by atoms with E-state index in [0.29, 0.717) is 9.79 Å². The molecule has 0 amide bonds. The van der Waals surface area contributed by atoms with Gasteiger partial charge in [-0.1, -0.05) is 42.5 Å². The van der Waals surface area contributed by atoms with E-state index in [1.54, 1.807) is 0 Å². The fourth-order valence-corrected chi connectivity index (χ4v) is 4.59. The van der Waals surface area contributed by atoms with Crippen LogP contribution in [0.1, 0.15) is 47.1 Å². The van der Waals surface area contributed by atoms with E-state index in [0.717, 1.165) is 0 Å². The van der Waals surface area contributed by atoms with Crippen molar-refractivity contribution in [2.24, 2.45) is 0 Å². The van der Waals surface area contributed by atoms with Gasteiger partial charge in [0.15, 0.2) is 0 Å². The topological polar surface area (TPSA) is 94.5 Å². The highest BCUT2D eigenvalue weighted by Gasteiger charge is 2.20. The number of benzene rings is 3. The smallest absolute Gasteiger partial charge is 0.335 e. The lowest BCUT2D eigenvalue weighted by molar-refractivity contribution is -0.936. The molecule has 0 aliphatic heterocycles. The zero-order valence-electron chi connectivity index (χ0n) is 19.8. The van der Waals surface area contributed by atoms with Crippen LogP contribution in [0.5, 0.6) is 0 Å². The average molecular weight is 482 g/mol. The maximum absolute atomic E-state index is 12.2. The van der Waals surface area contributed by atoms with Crippen molar-refractivity contribution >= 4 is 22.7 Å². The normalized spacial score (nSPS) is 11.7. The van der Waals surface area contributed by atoms with Gasteiger partial charge in [0.25, 0.3) is 0 Å². The average Bonchev–Trinajstić information content (AvgIpc) is 2.88. The minimum Gasteiger partial charge on any atom is -0.545 e. The Hall–Kier alpha value is -3.29. The summed E-state index contributed by atoms with van der Waals surface area (Å²) in [6.07, 6.45) is 0. The maximum atomic E-state index is 12.2. The molecule has 0 fully saturated rings. The van der Waals surface area contributed by atoms with Crippen molar-refractivity contribution in [2.45, 2.75) is 37.1 Å². The predicted octanol–water partition coefficient (Wildman–Crippen LogP) is 3.98. The molecule has 3 aromatic carbocycles. The first-order valence-corrected chi connectivity index (χ1v) is 12.4. The van der Waals surface area contributed by atoms with Gasteiger partial charge in [0.2, 0.25) is 0 Å². The second-order valence-electron chi connectivity index (χ2n) is 7.84. The lowest BCUT2D eigenvalue weighted by atomic mass is 10.2. The first-order valence-electron chi connectivity index (χ1n) is 11.2. The van der Waals surface area contributed by atoms with Gasteiger partial charge in [0.1, 0.15) is 6.54 Å². The lowest BCUT2D eigenvalue weighted by Crippen LogP contribution is -2.46. The van der Waals surface area contributed by atoms with Gasteiger partial charge in [0.05, 0.1) is 42.0 Å². The van der Waals surface area contributed by atoms with Gasteiger partial charge in [-0.3, -0.25) is 0 Å². The van der Waals surface area contributed by atoms with Crippen LogP contribution in [-0.4, -0.2) is 45.4 Å². The molecule has 3 aromatic rings. The Morgan fingerprint density at radius 2 is 1.21 bits per heavy atom. The number of carbonyl (C=O) groups excluding carboxylic acids is 1. The molecular weight excluding hydrogens is 450 g/mol. The summed E-state index contributed by atoms with van der Waals surface area (Å²) in [4.78, 5) is 22.2. The molecule has 180 valence electrons. The van der Waals surface area contributed by atoms with Crippen LogP contribution in [-0.2, 0) is 17.3 Å². The third-order valence-corrected chi connectivity index (χ3v) is 7.39. The Balaban J connectivity index is 0.000000257. The molecule has 0 aliphatic carbocycles. The predicted molar refractivity (Wildman–Crippen MR) is 131 cm³/mol. The number of carbonyl (C=O) groups is 2. The maximum Gasteiger partial charge on any atom is 0.335 e. The van der Waals surface area contributed by atoms with Crippen LogP contribution >= 0.6 is 0 Å². The second-order valence-corrected chi connectivity index (χ2v) is 9.32. The van der Waals surface area contributed by atoms with Crippen molar-refractivity contribution in [3.05, 3.63) is 95.6 Å². The Morgan fingerprint density at radius 3 is 1.59 bits per heavy atom. The number of carboxylic acid groups (broad SMARTS) is 2. The third kappa shape index (κ3) is 7.37. The number of nitrogens with zero attached hydrogens (tertiary/aromatic N) is 1. The number of rotatable bonds is 9. The summed E-state index contributed by atoms with van der Waals surface area (Å²) in [5.74, 6) is -2.35. The molecule has 1 unspecified atom stereocenters. The van der Waals surface area contributed by atoms with E-state index in [1.165, 1.54) is 84.8 Å². The standard InChI is InChI=1S/C14H10O5S.C13H22N/c15-13(16)9-1-5-11(6-2-9)20(19)12-7-3-10(4-8-12)14(17)18;1-4-14(5-2,6-3)12-13-10-8-7-9-11-13/h1-8H,(H,15,16)(H,17,18);7-11H,4-6,12H2,1-3H3/q;+1/p-1. The molecular formula is C27H31NO5S. The molecule has 0 aromatic heterocycles. The Kier molecular flexibility index (Phi) is 10.2. The Labute approximate surface area is 203 Å². The van der Waals surface area contributed by atoms with Gasteiger partial charge in [-0.15, -0.1) is 0 Å². The summed E-state index contributed by atoms with van der Waals surface area (Å²) in [6.45, 7) is 11.7. The fraction of sp³-hybridized carbons (Fsp3) is 0.259. The molecule has 0 aliphatic rings. The zero-order chi connectivity index (χ0) is 25.1. The van der Waals surface area contributed by atoms with Crippen LogP contribution in [0, 0.1) is 0 Å². The molecule has 0 saturated heterocycles. The van der Waals surface area contributed by atoms with Crippen molar-refractivity contribution in [1.29, 1.82) is 0 Å². The van der Waals surface area contributed by atoms with Gasteiger partial charge >= 0.3 is 5.97 Å². The van der Waals surface area contributed by atoms with Crippen LogP contribution in [0.4, 0.5) is 0 Å². The molecule has 0 heterocycles. The summed E-state index contributed by atoms with van der Waals surface area (Å²) >= 11 is 0. The molecule has 1 N–H and O–H groups in total. The molecule has 6 nitrogen and oxygen atoms in total. The van der Waals surface area contributed by atoms with Crippen LogP contribution < -0.4 is 5.11 Å². The van der Waals surface area contributed by atoms with Gasteiger partial charge in [0, 0.05) is 15.4 Å². The zero-order valence-corrected chi connectivity index (χ0v) is 20.6. The van der Waals surface area contributed by atoms with Crippen molar-refractivity contribution in [3.63, 3.8) is 0 Å². The minimum atomic E-state index is -1.50. The summed E-state index contributed by atoms with van der Waals surface area (Å²) in [6, 6.07) is 22.0. The van der Waals surface area contributed by atoms with E-state index in [4.69, 9.17) is 5.11 Å². The van der Waals surface area contributed by atoms with E-state index in [2.05, 4.69) is 51.1 Å². The van der Waals surface area contributed by atoms with Crippen molar-refractivity contribution in [2.75, 3.05) is 19.6 Å². The third-order valence-electron chi connectivity index (χ3n) is 5.99. The van der Waals surface area contributed by atoms with Gasteiger partial charge < -0.3 is 19.5 Å². The van der Waals surface area contributed by atoms with Crippen LogP contribution in [0.15, 0.2) is 88.7 Å². The molecule has 3 rings (SSSR count).